The van der Waals surface area contributed by atoms with Crippen LogP contribution in [-0.2, 0) is 6.54 Å². The van der Waals surface area contributed by atoms with Crippen LogP contribution in [0.3, 0.4) is 0 Å². The molecule has 0 saturated heterocycles. The minimum Gasteiger partial charge on any atom is -0.496 e. The predicted molar refractivity (Wildman–Crippen MR) is 114 cm³/mol. The molecule has 0 spiro atoms. The smallest absolute Gasteiger partial charge is 0.255 e. The monoisotopic (exact) mass is 388 g/mol. The molecule has 0 aliphatic heterocycles. The van der Waals surface area contributed by atoms with E-state index in [1.807, 2.05) is 56.3 Å². The van der Waals surface area contributed by atoms with Crippen molar-refractivity contribution in [3.63, 3.8) is 0 Å². The van der Waals surface area contributed by atoms with Gasteiger partial charge in [-0.2, -0.15) is 0 Å². The fourth-order valence-corrected chi connectivity index (χ4v) is 3.08. The molecule has 148 valence electrons. The Kier molecular flexibility index (Phi) is 6.29. The highest BCUT2D eigenvalue weighted by Crippen LogP contribution is 2.18. The van der Waals surface area contributed by atoms with E-state index in [4.69, 9.17) is 4.74 Å². The Morgan fingerprint density at radius 2 is 1.59 bits per heavy atom. The largest absolute Gasteiger partial charge is 0.496 e. The van der Waals surface area contributed by atoms with Gasteiger partial charge in [-0.25, -0.2) is 0 Å². The Balaban J connectivity index is 1.69. The molecule has 3 rings (SSSR count). The zero-order valence-corrected chi connectivity index (χ0v) is 16.8. The molecule has 0 aliphatic rings. The fraction of sp³-hybridized carbons (Fsp3) is 0.167. The van der Waals surface area contributed by atoms with Gasteiger partial charge in [-0.1, -0.05) is 42.0 Å². The lowest BCUT2D eigenvalue weighted by Crippen LogP contribution is -2.23. The molecule has 0 heterocycles. The number of anilines is 1. The summed E-state index contributed by atoms with van der Waals surface area (Å²) < 4.78 is 5.30. The zero-order chi connectivity index (χ0) is 20.8. The molecule has 5 heteroatoms. The molecule has 0 aliphatic carbocycles. The van der Waals surface area contributed by atoms with E-state index in [2.05, 4.69) is 10.6 Å². The Labute approximate surface area is 170 Å². The average Bonchev–Trinajstić information content (AvgIpc) is 2.74. The maximum absolute atomic E-state index is 12.6. The minimum atomic E-state index is -0.253. The Morgan fingerprint density at radius 1 is 0.862 bits per heavy atom. The lowest BCUT2D eigenvalue weighted by atomic mass is 10.1. The lowest BCUT2D eigenvalue weighted by Gasteiger charge is -2.11. The summed E-state index contributed by atoms with van der Waals surface area (Å²) in [5.41, 5.74) is 4.61. The molecule has 0 radical (unpaired) electrons. The molecule has 0 fully saturated rings. The van der Waals surface area contributed by atoms with Crippen LogP contribution >= 0.6 is 0 Å². The van der Waals surface area contributed by atoms with E-state index in [-0.39, 0.29) is 11.8 Å². The van der Waals surface area contributed by atoms with E-state index in [1.165, 1.54) is 0 Å². The van der Waals surface area contributed by atoms with Crippen molar-refractivity contribution in [1.29, 1.82) is 0 Å². The van der Waals surface area contributed by atoms with Crippen LogP contribution in [0.15, 0.2) is 66.7 Å². The van der Waals surface area contributed by atoms with Crippen LogP contribution in [0.1, 0.15) is 37.4 Å². The van der Waals surface area contributed by atoms with Crippen LogP contribution in [0.25, 0.3) is 0 Å². The first-order valence-electron chi connectivity index (χ1n) is 9.36. The van der Waals surface area contributed by atoms with Crippen molar-refractivity contribution in [2.45, 2.75) is 20.4 Å². The normalized spacial score (nSPS) is 10.3. The quantitative estimate of drug-likeness (QED) is 0.654. The van der Waals surface area contributed by atoms with Crippen molar-refractivity contribution in [1.82, 2.24) is 5.32 Å². The lowest BCUT2D eigenvalue weighted by molar-refractivity contribution is 0.0950. The number of carbonyl (C=O) groups excluding carboxylic acids is 2. The molecule has 3 aromatic rings. The summed E-state index contributed by atoms with van der Waals surface area (Å²) in [7, 11) is 1.60. The molecule has 2 N–H and O–H groups in total. The summed E-state index contributed by atoms with van der Waals surface area (Å²) in [6, 6.07) is 20.0. The van der Waals surface area contributed by atoms with E-state index in [0.717, 1.165) is 28.1 Å². The number of ether oxygens (including phenoxy) is 1. The number of hydrogen-bond acceptors (Lipinski definition) is 3. The summed E-state index contributed by atoms with van der Waals surface area (Å²) in [5.74, 6) is 0.211. The molecule has 2 amide bonds. The van der Waals surface area contributed by atoms with Crippen molar-refractivity contribution >= 4 is 17.5 Å². The second-order valence-corrected chi connectivity index (χ2v) is 6.85. The number of benzene rings is 3. The first kappa shape index (κ1) is 20.1. The summed E-state index contributed by atoms with van der Waals surface area (Å²) >= 11 is 0. The van der Waals surface area contributed by atoms with Crippen LogP contribution in [-0.4, -0.2) is 18.9 Å². The number of methoxy groups -OCH3 is 1. The summed E-state index contributed by atoms with van der Waals surface area (Å²) in [6.45, 7) is 4.29. The van der Waals surface area contributed by atoms with Gasteiger partial charge in [0, 0.05) is 28.9 Å². The van der Waals surface area contributed by atoms with Crippen molar-refractivity contribution in [2.24, 2.45) is 0 Å². The van der Waals surface area contributed by atoms with Crippen LogP contribution in [0.4, 0.5) is 5.69 Å². The molecule has 0 bridgehead atoms. The highest BCUT2D eigenvalue weighted by atomic mass is 16.5. The van der Waals surface area contributed by atoms with Gasteiger partial charge in [-0.15, -0.1) is 0 Å². The molecule has 3 aromatic carbocycles. The van der Waals surface area contributed by atoms with E-state index in [0.29, 0.717) is 17.7 Å². The third-order valence-corrected chi connectivity index (χ3v) is 4.65. The zero-order valence-electron chi connectivity index (χ0n) is 16.8. The van der Waals surface area contributed by atoms with Gasteiger partial charge in [-0.05, 0) is 49.7 Å². The molecule has 29 heavy (non-hydrogen) atoms. The van der Waals surface area contributed by atoms with Crippen molar-refractivity contribution < 1.29 is 14.3 Å². The molecule has 0 unspecified atom stereocenters. The first-order chi connectivity index (χ1) is 14.0. The van der Waals surface area contributed by atoms with E-state index < -0.39 is 0 Å². The van der Waals surface area contributed by atoms with Gasteiger partial charge in [0.2, 0.25) is 0 Å². The first-order valence-corrected chi connectivity index (χ1v) is 9.36. The third kappa shape index (κ3) is 5.02. The second-order valence-electron chi connectivity index (χ2n) is 6.85. The van der Waals surface area contributed by atoms with Crippen molar-refractivity contribution in [3.05, 3.63) is 94.5 Å². The van der Waals surface area contributed by atoms with Gasteiger partial charge in [0.15, 0.2) is 0 Å². The van der Waals surface area contributed by atoms with Gasteiger partial charge in [0.05, 0.1) is 7.11 Å². The van der Waals surface area contributed by atoms with Gasteiger partial charge in [0.25, 0.3) is 11.8 Å². The maximum atomic E-state index is 12.6. The molecule has 0 aromatic heterocycles. The Morgan fingerprint density at radius 3 is 2.31 bits per heavy atom. The number of nitrogens with one attached hydrogen (secondary N) is 2. The molecule has 0 saturated carbocycles. The van der Waals surface area contributed by atoms with Gasteiger partial charge in [0.1, 0.15) is 5.75 Å². The fourth-order valence-electron chi connectivity index (χ4n) is 3.08. The number of para-hydroxylation sites is 1. The van der Waals surface area contributed by atoms with E-state index in [9.17, 15) is 9.59 Å². The molecule has 5 nitrogen and oxygen atoms in total. The minimum absolute atomic E-state index is 0.253. The van der Waals surface area contributed by atoms with Gasteiger partial charge < -0.3 is 15.4 Å². The average molecular weight is 388 g/mol. The highest BCUT2D eigenvalue weighted by Gasteiger charge is 2.12. The Hall–Kier alpha value is -3.60. The SMILES string of the molecule is COc1ccccc1CNC(=O)c1cccc(C(=O)Nc2ccc(C)cc2C)c1. The topological polar surface area (TPSA) is 67.4 Å². The number of hydrogen-bond donors (Lipinski definition) is 2. The summed E-state index contributed by atoms with van der Waals surface area (Å²) in [6.07, 6.45) is 0. The number of aryl methyl sites for hydroxylation is 2. The second kappa shape index (κ2) is 9.06. The standard InChI is InChI=1S/C24H24N2O3/c1-16-11-12-21(17(2)13-16)26-24(28)19-9-6-8-18(14-19)23(27)25-15-20-7-4-5-10-22(20)29-3/h4-14H,15H2,1-3H3,(H,25,27)(H,26,28). The van der Waals surface area contributed by atoms with Crippen molar-refractivity contribution in [2.75, 3.05) is 12.4 Å². The van der Waals surface area contributed by atoms with Crippen LogP contribution < -0.4 is 15.4 Å². The Bertz CT molecular complexity index is 1040. The highest BCUT2D eigenvalue weighted by molar-refractivity contribution is 6.06. The van der Waals surface area contributed by atoms with Gasteiger partial charge >= 0.3 is 0 Å². The maximum Gasteiger partial charge on any atom is 0.255 e. The third-order valence-electron chi connectivity index (χ3n) is 4.65. The number of rotatable bonds is 6. The van der Waals surface area contributed by atoms with Crippen LogP contribution in [0, 0.1) is 13.8 Å². The van der Waals surface area contributed by atoms with Crippen LogP contribution in [0.5, 0.6) is 5.75 Å². The van der Waals surface area contributed by atoms with Crippen LogP contribution in [0.2, 0.25) is 0 Å². The van der Waals surface area contributed by atoms with E-state index >= 15 is 0 Å². The summed E-state index contributed by atoms with van der Waals surface area (Å²) in [4.78, 5) is 25.2. The molecular formula is C24H24N2O3. The van der Waals surface area contributed by atoms with Gasteiger partial charge in [-0.3, -0.25) is 9.59 Å². The number of carbonyl (C=O) groups is 2. The predicted octanol–water partition coefficient (Wildman–Crippen LogP) is 4.49. The van der Waals surface area contributed by atoms with Crippen molar-refractivity contribution in [3.8, 4) is 5.75 Å². The number of amides is 2. The summed E-state index contributed by atoms with van der Waals surface area (Å²) in [5, 5.41) is 5.78. The molecule has 0 atom stereocenters. The molecular weight excluding hydrogens is 364 g/mol. The van der Waals surface area contributed by atoms with E-state index in [1.54, 1.807) is 31.4 Å².